The lowest BCUT2D eigenvalue weighted by Crippen LogP contribution is -2.77. The predicted molar refractivity (Wildman–Crippen MR) is 62.0 cm³/mol. The molecular weight excluding hydrogens is 231 g/mol. The molecule has 4 heteroatoms. The van der Waals surface area contributed by atoms with Gasteiger partial charge in [0.15, 0.2) is 0 Å². The van der Waals surface area contributed by atoms with Gasteiger partial charge in [0.05, 0.1) is 0 Å². The topological polar surface area (TPSA) is 38.0 Å². The molecule has 0 spiro atoms. The zero-order valence-corrected chi connectivity index (χ0v) is 9.70. The molecule has 1 aromatic rings. The number of halogens is 2. The van der Waals surface area contributed by atoms with Gasteiger partial charge in [-0.25, -0.2) is 0 Å². The van der Waals surface area contributed by atoms with E-state index in [2.05, 4.69) is 5.43 Å². The Morgan fingerprint density at radius 2 is 1.87 bits per heavy atom. The predicted octanol–water partition coefficient (Wildman–Crippen LogP) is 2.63. The normalized spacial score (nSPS) is 37.0. The molecule has 0 atom stereocenters. The van der Waals surface area contributed by atoms with Gasteiger partial charge in [-0.2, -0.15) is 0 Å². The Kier molecular flexibility index (Phi) is 1.91. The zero-order chi connectivity index (χ0) is 10.7. The second-order valence-corrected chi connectivity index (χ2v) is 5.70. The summed E-state index contributed by atoms with van der Waals surface area (Å²) in [6.07, 6.45) is 3.24. The highest BCUT2D eigenvalue weighted by atomic mass is 35.5. The van der Waals surface area contributed by atoms with Crippen LogP contribution in [0.5, 0.6) is 0 Å². The van der Waals surface area contributed by atoms with Crippen LogP contribution in [0.4, 0.5) is 0 Å². The maximum atomic E-state index is 6.20. The number of nitrogens with two attached hydrogens (primary N) is 1. The minimum Gasteiger partial charge on any atom is -0.271 e. The highest BCUT2D eigenvalue weighted by Crippen LogP contribution is 2.68. The molecule has 1 aromatic carbocycles. The summed E-state index contributed by atoms with van der Waals surface area (Å²) >= 11 is 12.2. The molecule has 0 saturated heterocycles. The first kappa shape index (κ1) is 9.91. The molecule has 4 rings (SSSR count). The lowest BCUT2D eigenvalue weighted by Gasteiger charge is -2.70. The average Bonchev–Trinajstić information content (AvgIpc) is 2.07. The van der Waals surface area contributed by atoms with Gasteiger partial charge >= 0.3 is 0 Å². The first-order valence-electron chi connectivity index (χ1n) is 5.03. The van der Waals surface area contributed by atoms with Gasteiger partial charge in [0.25, 0.3) is 0 Å². The Bertz CT molecular complexity index is 411. The van der Waals surface area contributed by atoms with Gasteiger partial charge in [0, 0.05) is 21.0 Å². The minimum absolute atomic E-state index is 0.186. The van der Waals surface area contributed by atoms with E-state index in [1.165, 1.54) is 5.56 Å². The summed E-state index contributed by atoms with van der Waals surface area (Å²) in [6.45, 7) is 0. The standard InChI is InChI=1S/C11H12Cl2N2/c12-7-1-2-9(13)8(3-7)10-4-11(5-10,6-10)15-14/h1-3,15H,4-6,14H2. The fraction of sp³-hybridized carbons (Fsp3) is 0.455. The number of nitrogens with one attached hydrogen (secondary N) is 1. The molecule has 0 amide bonds. The molecule has 0 aromatic heterocycles. The summed E-state index contributed by atoms with van der Waals surface area (Å²) in [6, 6.07) is 5.70. The lowest BCUT2D eigenvalue weighted by atomic mass is 9.37. The third-order valence-corrected chi connectivity index (χ3v) is 4.40. The van der Waals surface area contributed by atoms with Crippen molar-refractivity contribution in [3.63, 3.8) is 0 Å². The van der Waals surface area contributed by atoms with E-state index in [1.54, 1.807) is 0 Å². The number of benzene rings is 1. The van der Waals surface area contributed by atoms with Crippen molar-refractivity contribution >= 4 is 23.2 Å². The summed E-state index contributed by atoms with van der Waals surface area (Å²) in [5, 5.41) is 1.58. The Balaban J connectivity index is 1.93. The number of rotatable bonds is 2. The molecule has 0 radical (unpaired) electrons. The van der Waals surface area contributed by atoms with Gasteiger partial charge in [-0.05, 0) is 43.0 Å². The molecule has 0 heterocycles. The van der Waals surface area contributed by atoms with Crippen molar-refractivity contribution in [3.05, 3.63) is 33.8 Å². The smallest absolute Gasteiger partial charge is 0.0444 e. The quantitative estimate of drug-likeness (QED) is 0.619. The molecule has 3 N–H and O–H groups in total. The van der Waals surface area contributed by atoms with E-state index in [1.807, 2.05) is 18.2 Å². The number of hydrogen-bond acceptors (Lipinski definition) is 2. The number of hydrazine groups is 1. The molecule has 3 saturated carbocycles. The van der Waals surface area contributed by atoms with Crippen LogP contribution in [0.1, 0.15) is 24.8 Å². The van der Waals surface area contributed by atoms with Gasteiger partial charge in [-0.3, -0.25) is 11.3 Å². The molecule has 3 aliphatic carbocycles. The average molecular weight is 243 g/mol. The first-order chi connectivity index (χ1) is 7.09. The van der Waals surface area contributed by atoms with Crippen molar-refractivity contribution in [2.75, 3.05) is 0 Å². The van der Waals surface area contributed by atoms with Crippen LogP contribution in [0, 0.1) is 0 Å². The van der Waals surface area contributed by atoms with Crippen LogP contribution < -0.4 is 11.3 Å². The summed E-state index contributed by atoms with van der Waals surface area (Å²) in [4.78, 5) is 0. The highest BCUT2D eigenvalue weighted by molar-refractivity contribution is 6.33. The molecule has 80 valence electrons. The molecule has 3 aliphatic rings. The van der Waals surface area contributed by atoms with Crippen LogP contribution in [0.3, 0.4) is 0 Å². The van der Waals surface area contributed by atoms with E-state index in [0.29, 0.717) is 0 Å². The number of hydrogen-bond donors (Lipinski definition) is 2. The van der Waals surface area contributed by atoms with Crippen molar-refractivity contribution in [2.24, 2.45) is 5.84 Å². The Hall–Kier alpha value is -0.280. The van der Waals surface area contributed by atoms with E-state index in [4.69, 9.17) is 29.0 Å². The first-order valence-corrected chi connectivity index (χ1v) is 5.78. The minimum atomic E-state index is 0.186. The van der Waals surface area contributed by atoms with Crippen LogP contribution in [0.15, 0.2) is 18.2 Å². The van der Waals surface area contributed by atoms with E-state index >= 15 is 0 Å². The fourth-order valence-electron chi connectivity index (χ4n) is 3.13. The van der Waals surface area contributed by atoms with Crippen molar-refractivity contribution in [1.29, 1.82) is 0 Å². The third-order valence-electron chi connectivity index (χ3n) is 3.84. The zero-order valence-electron chi connectivity index (χ0n) is 8.19. The summed E-state index contributed by atoms with van der Waals surface area (Å²) < 4.78 is 0. The Labute approximate surface area is 98.7 Å². The Morgan fingerprint density at radius 1 is 1.20 bits per heavy atom. The second-order valence-electron chi connectivity index (χ2n) is 4.86. The third kappa shape index (κ3) is 1.19. The van der Waals surface area contributed by atoms with Gasteiger partial charge in [0.1, 0.15) is 0 Å². The van der Waals surface area contributed by atoms with Crippen LogP contribution in [-0.2, 0) is 5.41 Å². The van der Waals surface area contributed by atoms with Gasteiger partial charge in [-0.15, -0.1) is 0 Å². The molecule has 15 heavy (non-hydrogen) atoms. The van der Waals surface area contributed by atoms with Gasteiger partial charge < -0.3 is 0 Å². The fourth-order valence-corrected chi connectivity index (χ4v) is 3.62. The van der Waals surface area contributed by atoms with Crippen LogP contribution >= 0.6 is 23.2 Å². The molecule has 2 bridgehead atoms. The van der Waals surface area contributed by atoms with Crippen molar-refractivity contribution in [3.8, 4) is 0 Å². The maximum absolute atomic E-state index is 6.20. The van der Waals surface area contributed by atoms with Crippen molar-refractivity contribution < 1.29 is 0 Å². The van der Waals surface area contributed by atoms with Crippen LogP contribution in [0.25, 0.3) is 0 Å². The van der Waals surface area contributed by atoms with Crippen molar-refractivity contribution in [2.45, 2.75) is 30.2 Å². The lowest BCUT2D eigenvalue weighted by molar-refractivity contribution is -0.0881. The molecule has 3 fully saturated rings. The van der Waals surface area contributed by atoms with Crippen molar-refractivity contribution in [1.82, 2.24) is 5.43 Å². The monoisotopic (exact) mass is 242 g/mol. The van der Waals surface area contributed by atoms with E-state index in [9.17, 15) is 0 Å². The summed E-state index contributed by atoms with van der Waals surface area (Å²) in [7, 11) is 0. The van der Waals surface area contributed by atoms with Crippen LogP contribution in [0.2, 0.25) is 10.0 Å². The SMILES string of the molecule is NNC12CC(c3cc(Cl)ccc3Cl)(C1)C2. The molecule has 2 nitrogen and oxygen atoms in total. The largest absolute Gasteiger partial charge is 0.271 e. The van der Waals surface area contributed by atoms with Gasteiger partial charge in [0.2, 0.25) is 0 Å². The van der Waals surface area contributed by atoms with Gasteiger partial charge in [-0.1, -0.05) is 23.2 Å². The van der Waals surface area contributed by atoms with E-state index in [-0.39, 0.29) is 11.0 Å². The summed E-state index contributed by atoms with van der Waals surface area (Å²) in [5.41, 5.74) is 4.52. The molecule has 0 aliphatic heterocycles. The van der Waals surface area contributed by atoms with E-state index < -0.39 is 0 Å². The molecular formula is C11H12Cl2N2. The Morgan fingerprint density at radius 3 is 2.47 bits per heavy atom. The highest BCUT2D eigenvalue weighted by Gasteiger charge is 2.68. The summed E-state index contributed by atoms with van der Waals surface area (Å²) in [5.74, 6) is 5.50. The second kappa shape index (κ2) is 2.89. The maximum Gasteiger partial charge on any atom is 0.0444 e. The molecule has 0 unspecified atom stereocenters. The van der Waals surface area contributed by atoms with E-state index in [0.717, 1.165) is 29.3 Å². The van der Waals surface area contributed by atoms with Crippen LogP contribution in [-0.4, -0.2) is 5.54 Å².